The SMILES string of the molecule is CCCNC(=O)CCNC(=O)CC1(CS)CC1. The van der Waals surface area contributed by atoms with Gasteiger partial charge in [0.15, 0.2) is 0 Å². The molecule has 0 aliphatic heterocycles. The van der Waals surface area contributed by atoms with Crippen LogP contribution in [0.1, 0.15) is 39.0 Å². The first-order valence-corrected chi connectivity index (χ1v) is 6.89. The van der Waals surface area contributed by atoms with Gasteiger partial charge in [0, 0.05) is 25.9 Å². The van der Waals surface area contributed by atoms with Crippen LogP contribution in [0.5, 0.6) is 0 Å². The van der Waals surface area contributed by atoms with Gasteiger partial charge in [-0.3, -0.25) is 9.59 Å². The van der Waals surface area contributed by atoms with Gasteiger partial charge in [0.05, 0.1) is 0 Å². The Morgan fingerprint density at radius 1 is 1.18 bits per heavy atom. The van der Waals surface area contributed by atoms with Gasteiger partial charge in [-0.05, 0) is 30.4 Å². The molecule has 0 aromatic heterocycles. The average molecular weight is 258 g/mol. The molecular formula is C12H22N2O2S. The molecule has 1 rings (SSSR count). The van der Waals surface area contributed by atoms with Crippen LogP contribution >= 0.6 is 12.6 Å². The molecule has 0 radical (unpaired) electrons. The molecule has 1 aliphatic carbocycles. The zero-order valence-corrected chi connectivity index (χ0v) is 11.3. The van der Waals surface area contributed by atoms with Gasteiger partial charge in [0.1, 0.15) is 0 Å². The molecule has 0 unspecified atom stereocenters. The van der Waals surface area contributed by atoms with Crippen molar-refractivity contribution in [2.75, 3.05) is 18.8 Å². The second kappa shape index (κ2) is 6.89. The van der Waals surface area contributed by atoms with Crippen LogP contribution < -0.4 is 10.6 Å². The van der Waals surface area contributed by atoms with Crippen LogP contribution in [-0.4, -0.2) is 30.7 Å². The van der Waals surface area contributed by atoms with Crippen LogP contribution in [0.4, 0.5) is 0 Å². The Hall–Kier alpha value is -0.710. The van der Waals surface area contributed by atoms with Gasteiger partial charge in [-0.2, -0.15) is 12.6 Å². The van der Waals surface area contributed by atoms with Gasteiger partial charge in [-0.15, -0.1) is 0 Å². The van der Waals surface area contributed by atoms with Crippen molar-refractivity contribution in [2.45, 2.75) is 39.0 Å². The number of hydrogen-bond donors (Lipinski definition) is 3. The highest BCUT2D eigenvalue weighted by Gasteiger charge is 2.42. The molecule has 0 heterocycles. The lowest BCUT2D eigenvalue weighted by Crippen LogP contribution is -2.32. The largest absolute Gasteiger partial charge is 0.356 e. The standard InChI is InChI=1S/C12H22N2O2S/c1-2-6-13-10(15)3-7-14-11(16)8-12(9-17)4-5-12/h17H,2-9H2,1H3,(H,13,15)(H,14,16). The third kappa shape index (κ3) is 5.44. The van der Waals surface area contributed by atoms with E-state index in [1.165, 1.54) is 0 Å². The number of carbonyl (C=O) groups excluding carboxylic acids is 2. The van der Waals surface area contributed by atoms with Gasteiger partial charge >= 0.3 is 0 Å². The Kier molecular flexibility index (Phi) is 5.82. The molecule has 17 heavy (non-hydrogen) atoms. The van der Waals surface area contributed by atoms with E-state index in [1.54, 1.807) is 0 Å². The zero-order valence-electron chi connectivity index (χ0n) is 10.4. The predicted molar refractivity (Wildman–Crippen MR) is 71.1 cm³/mol. The fourth-order valence-electron chi connectivity index (χ4n) is 1.64. The minimum Gasteiger partial charge on any atom is -0.356 e. The highest BCUT2D eigenvalue weighted by Crippen LogP contribution is 2.49. The lowest BCUT2D eigenvalue weighted by Gasteiger charge is -2.11. The molecule has 0 aromatic rings. The fraction of sp³-hybridized carbons (Fsp3) is 0.833. The minimum absolute atomic E-state index is 0.00230. The van der Waals surface area contributed by atoms with E-state index in [4.69, 9.17) is 0 Å². The summed E-state index contributed by atoms with van der Waals surface area (Å²) in [5, 5.41) is 5.56. The van der Waals surface area contributed by atoms with E-state index in [0.29, 0.717) is 25.9 Å². The van der Waals surface area contributed by atoms with Crippen molar-refractivity contribution < 1.29 is 9.59 Å². The number of hydrogen-bond acceptors (Lipinski definition) is 3. The van der Waals surface area contributed by atoms with Crippen molar-refractivity contribution >= 4 is 24.4 Å². The van der Waals surface area contributed by atoms with Crippen molar-refractivity contribution in [3.8, 4) is 0 Å². The van der Waals surface area contributed by atoms with Crippen LogP contribution in [0.3, 0.4) is 0 Å². The maximum absolute atomic E-state index is 11.6. The fourth-order valence-corrected chi connectivity index (χ4v) is 2.07. The number of rotatable bonds is 8. The summed E-state index contributed by atoms with van der Waals surface area (Å²) in [6, 6.07) is 0. The predicted octanol–water partition coefficient (Wildman–Crippen LogP) is 1.12. The second-order valence-corrected chi connectivity index (χ2v) is 5.10. The van der Waals surface area contributed by atoms with E-state index in [0.717, 1.165) is 25.0 Å². The van der Waals surface area contributed by atoms with Gasteiger partial charge < -0.3 is 10.6 Å². The monoisotopic (exact) mass is 258 g/mol. The van der Waals surface area contributed by atoms with Crippen LogP contribution in [0.15, 0.2) is 0 Å². The maximum atomic E-state index is 11.6. The quantitative estimate of drug-likeness (QED) is 0.571. The molecule has 5 heteroatoms. The summed E-state index contributed by atoms with van der Waals surface area (Å²) in [4.78, 5) is 22.8. The Morgan fingerprint density at radius 2 is 1.82 bits per heavy atom. The summed E-state index contributed by atoms with van der Waals surface area (Å²) < 4.78 is 0. The smallest absolute Gasteiger partial charge is 0.221 e. The van der Waals surface area contributed by atoms with Gasteiger partial charge in [-0.25, -0.2) is 0 Å². The molecular weight excluding hydrogens is 236 g/mol. The van der Waals surface area contributed by atoms with Crippen LogP contribution in [-0.2, 0) is 9.59 Å². The third-order valence-corrected chi connectivity index (χ3v) is 3.75. The molecule has 1 fully saturated rings. The normalized spacial score (nSPS) is 16.4. The van der Waals surface area contributed by atoms with Gasteiger partial charge in [-0.1, -0.05) is 6.92 Å². The molecule has 1 aliphatic rings. The Labute approximate surface area is 108 Å². The van der Waals surface area contributed by atoms with Gasteiger partial charge in [0.25, 0.3) is 0 Å². The number of thiol groups is 1. The maximum Gasteiger partial charge on any atom is 0.221 e. The van der Waals surface area contributed by atoms with Crippen LogP contribution in [0.25, 0.3) is 0 Å². The topological polar surface area (TPSA) is 58.2 Å². The lowest BCUT2D eigenvalue weighted by molar-refractivity contribution is -0.122. The highest BCUT2D eigenvalue weighted by molar-refractivity contribution is 7.80. The summed E-state index contributed by atoms with van der Waals surface area (Å²) in [6.45, 7) is 3.14. The lowest BCUT2D eigenvalue weighted by atomic mass is 10.1. The summed E-state index contributed by atoms with van der Waals surface area (Å²) >= 11 is 4.26. The van der Waals surface area contributed by atoms with E-state index in [2.05, 4.69) is 23.3 Å². The molecule has 98 valence electrons. The second-order valence-electron chi connectivity index (χ2n) is 4.78. The van der Waals surface area contributed by atoms with E-state index >= 15 is 0 Å². The van der Waals surface area contributed by atoms with E-state index < -0.39 is 0 Å². The van der Waals surface area contributed by atoms with Crippen molar-refractivity contribution in [1.29, 1.82) is 0 Å². The van der Waals surface area contributed by atoms with E-state index in [-0.39, 0.29) is 17.2 Å². The van der Waals surface area contributed by atoms with Crippen molar-refractivity contribution in [3.63, 3.8) is 0 Å². The summed E-state index contributed by atoms with van der Waals surface area (Å²) in [7, 11) is 0. The zero-order chi connectivity index (χ0) is 12.7. The Balaban J connectivity index is 2.06. The highest BCUT2D eigenvalue weighted by atomic mass is 32.1. The molecule has 2 amide bonds. The summed E-state index contributed by atoms with van der Waals surface area (Å²) in [6.07, 6.45) is 4.04. The molecule has 0 saturated heterocycles. The number of carbonyl (C=O) groups is 2. The first-order valence-electron chi connectivity index (χ1n) is 6.26. The molecule has 2 N–H and O–H groups in total. The third-order valence-electron chi connectivity index (χ3n) is 3.07. The molecule has 1 saturated carbocycles. The first kappa shape index (κ1) is 14.4. The summed E-state index contributed by atoms with van der Waals surface area (Å²) in [5.74, 6) is 0.819. The molecule has 0 bridgehead atoms. The summed E-state index contributed by atoms with van der Waals surface area (Å²) in [5.41, 5.74) is 0.150. The molecule has 4 nitrogen and oxygen atoms in total. The van der Waals surface area contributed by atoms with E-state index in [1.807, 2.05) is 6.92 Å². The molecule has 0 spiro atoms. The van der Waals surface area contributed by atoms with Crippen LogP contribution in [0.2, 0.25) is 0 Å². The van der Waals surface area contributed by atoms with Crippen LogP contribution in [0, 0.1) is 5.41 Å². The van der Waals surface area contributed by atoms with Gasteiger partial charge in [0.2, 0.25) is 11.8 Å². The van der Waals surface area contributed by atoms with Crippen molar-refractivity contribution in [1.82, 2.24) is 10.6 Å². The molecule has 0 aromatic carbocycles. The number of amides is 2. The first-order chi connectivity index (χ1) is 8.12. The van der Waals surface area contributed by atoms with Crippen molar-refractivity contribution in [3.05, 3.63) is 0 Å². The van der Waals surface area contributed by atoms with Crippen molar-refractivity contribution in [2.24, 2.45) is 5.41 Å². The Morgan fingerprint density at radius 3 is 2.35 bits per heavy atom. The minimum atomic E-state index is 0.00230. The average Bonchev–Trinajstić information content (AvgIpc) is 3.06. The Bertz CT molecular complexity index is 278. The molecule has 0 atom stereocenters. The van der Waals surface area contributed by atoms with E-state index in [9.17, 15) is 9.59 Å². The number of nitrogens with one attached hydrogen (secondary N) is 2.